The van der Waals surface area contributed by atoms with Crippen LogP contribution in [0.4, 0.5) is 19.0 Å². The number of aliphatic hydroxyl groups is 2. The van der Waals surface area contributed by atoms with Crippen LogP contribution in [-0.4, -0.2) is 90.4 Å². The Morgan fingerprint density at radius 3 is 2.77 bits per heavy atom. The molecular formula is C25H31F3N8O4. The van der Waals surface area contributed by atoms with Crippen LogP contribution < -0.4 is 10.5 Å². The number of aryl methyl sites for hydroxylation is 1. The molecule has 5 N–H and O–H groups in total. The van der Waals surface area contributed by atoms with Crippen LogP contribution in [0.3, 0.4) is 0 Å². The molecule has 3 heterocycles. The number of ether oxygens (including phenoxy) is 2. The van der Waals surface area contributed by atoms with E-state index < -0.39 is 18.7 Å². The number of H-pyrrole nitrogens is 1. The highest BCUT2D eigenvalue weighted by atomic mass is 19.4. The van der Waals surface area contributed by atoms with Gasteiger partial charge in [-0.3, -0.25) is 4.57 Å². The third kappa shape index (κ3) is 6.11. The van der Waals surface area contributed by atoms with E-state index in [1.54, 1.807) is 0 Å². The van der Waals surface area contributed by atoms with E-state index >= 15 is 0 Å². The molecule has 1 aliphatic rings. The van der Waals surface area contributed by atoms with Crippen molar-refractivity contribution in [2.45, 2.75) is 43.8 Å². The van der Waals surface area contributed by atoms with Crippen molar-refractivity contribution in [2.75, 3.05) is 39.1 Å². The van der Waals surface area contributed by atoms with E-state index in [1.807, 2.05) is 7.05 Å². The highest BCUT2D eigenvalue weighted by molar-refractivity contribution is 5.81. The molecule has 1 aliphatic carbocycles. The molecule has 0 aliphatic heterocycles. The number of alkyl halides is 3. The van der Waals surface area contributed by atoms with Gasteiger partial charge in [0.25, 0.3) is 0 Å². The Balaban J connectivity index is 1.04. The summed E-state index contributed by atoms with van der Waals surface area (Å²) in [5.74, 6) is 1.16. The highest BCUT2D eigenvalue weighted by Crippen LogP contribution is 2.34. The molecule has 15 heteroatoms. The average molecular weight is 565 g/mol. The number of nitrogens with one attached hydrogen (secondary N) is 1. The zero-order chi connectivity index (χ0) is 28.5. The van der Waals surface area contributed by atoms with Gasteiger partial charge in [-0.2, -0.15) is 0 Å². The standard InChI is InChI=1S/C25H31F3N8O4/c1-35(6-7-39-12-24(38,11-37)36-14-32-21-22(29)30-13-31-23(21)36)16-8-15(9-16)2-5-20-33-18-4-3-17(10-19(18)34-20)40-25(26,27)28/h3-4,10,13-16,37-38H,2,5-9,11-12H2,1H3,(H,33,34)(H2,29,30,31). The second kappa shape index (κ2) is 11.2. The molecular weight excluding hydrogens is 533 g/mol. The zero-order valence-electron chi connectivity index (χ0n) is 21.8. The monoisotopic (exact) mass is 564 g/mol. The van der Waals surface area contributed by atoms with Crippen molar-refractivity contribution in [1.29, 1.82) is 0 Å². The lowest BCUT2D eigenvalue weighted by molar-refractivity contribution is -0.274. The second-order valence-electron chi connectivity index (χ2n) is 10.2. The molecule has 0 amide bonds. The summed E-state index contributed by atoms with van der Waals surface area (Å²) in [5.41, 5.74) is 5.79. The van der Waals surface area contributed by atoms with Gasteiger partial charge in [-0.1, -0.05) is 0 Å². The van der Waals surface area contributed by atoms with Gasteiger partial charge in [0.05, 0.1) is 37.2 Å². The lowest BCUT2D eigenvalue weighted by Gasteiger charge is -2.41. The van der Waals surface area contributed by atoms with Gasteiger partial charge < -0.3 is 35.3 Å². The maximum Gasteiger partial charge on any atom is 0.573 e. The predicted octanol–water partition coefficient (Wildman–Crippen LogP) is 2.18. The molecule has 40 heavy (non-hydrogen) atoms. The topological polar surface area (TPSA) is 160 Å². The molecule has 3 aromatic heterocycles. The van der Waals surface area contributed by atoms with Crippen LogP contribution in [0.15, 0.2) is 30.9 Å². The molecule has 1 fully saturated rings. The number of nitrogens with two attached hydrogens (primary N) is 1. The van der Waals surface area contributed by atoms with Gasteiger partial charge in [0.2, 0.25) is 0 Å². The first-order valence-electron chi connectivity index (χ1n) is 12.8. The van der Waals surface area contributed by atoms with Gasteiger partial charge >= 0.3 is 6.36 Å². The Kier molecular flexibility index (Phi) is 7.81. The van der Waals surface area contributed by atoms with E-state index in [1.165, 1.54) is 35.4 Å². The minimum Gasteiger partial charge on any atom is -0.406 e. The second-order valence-corrected chi connectivity index (χ2v) is 10.2. The number of nitrogens with zero attached hydrogens (tertiary/aromatic N) is 6. The third-order valence-corrected chi connectivity index (χ3v) is 7.34. The molecule has 5 rings (SSSR count). The number of hydrogen-bond acceptors (Lipinski definition) is 10. The zero-order valence-corrected chi connectivity index (χ0v) is 21.8. The molecule has 4 aromatic rings. The van der Waals surface area contributed by atoms with Crippen LogP contribution in [0.2, 0.25) is 0 Å². The van der Waals surface area contributed by atoms with Gasteiger partial charge in [0, 0.05) is 25.1 Å². The minimum absolute atomic E-state index is 0.165. The Morgan fingerprint density at radius 1 is 1.23 bits per heavy atom. The van der Waals surface area contributed by atoms with Crippen molar-refractivity contribution in [3.05, 3.63) is 36.7 Å². The fraction of sp³-hybridized carbons (Fsp3) is 0.520. The summed E-state index contributed by atoms with van der Waals surface area (Å²) in [6.07, 6.45) is 1.53. The van der Waals surface area contributed by atoms with Crippen molar-refractivity contribution in [3.8, 4) is 5.75 Å². The van der Waals surface area contributed by atoms with Gasteiger partial charge in [0.15, 0.2) is 17.2 Å². The average Bonchev–Trinajstić information content (AvgIpc) is 3.49. The molecule has 0 radical (unpaired) electrons. The smallest absolute Gasteiger partial charge is 0.406 e. The minimum atomic E-state index is -4.74. The van der Waals surface area contributed by atoms with Crippen molar-refractivity contribution in [2.24, 2.45) is 5.92 Å². The number of hydrogen-bond donors (Lipinski definition) is 4. The number of imidazole rings is 2. The summed E-state index contributed by atoms with van der Waals surface area (Å²) in [4.78, 5) is 21.9. The Morgan fingerprint density at radius 2 is 2.02 bits per heavy atom. The van der Waals surface area contributed by atoms with Crippen molar-refractivity contribution >= 4 is 28.0 Å². The molecule has 0 spiro atoms. The SMILES string of the molecule is CN(CCOCC(O)(CO)n1cnc2c(N)ncnc21)C1CC(CCc2nc3ccc(OC(F)(F)F)cc3[nH]2)C1. The quantitative estimate of drug-likeness (QED) is 0.188. The first-order valence-corrected chi connectivity index (χ1v) is 12.8. The number of aromatic amines is 1. The molecule has 1 atom stereocenters. The van der Waals surface area contributed by atoms with E-state index in [2.05, 4.69) is 34.6 Å². The van der Waals surface area contributed by atoms with Crippen LogP contribution in [0.1, 0.15) is 25.1 Å². The first kappa shape index (κ1) is 28.0. The molecule has 0 saturated heterocycles. The van der Waals surface area contributed by atoms with E-state index in [-0.39, 0.29) is 18.2 Å². The van der Waals surface area contributed by atoms with E-state index in [9.17, 15) is 23.4 Å². The van der Waals surface area contributed by atoms with Gasteiger partial charge in [-0.25, -0.2) is 19.9 Å². The summed E-state index contributed by atoms with van der Waals surface area (Å²) in [6, 6.07) is 4.47. The molecule has 1 aromatic carbocycles. The predicted molar refractivity (Wildman–Crippen MR) is 138 cm³/mol. The van der Waals surface area contributed by atoms with Gasteiger partial charge in [0.1, 0.15) is 23.4 Å². The van der Waals surface area contributed by atoms with Crippen LogP contribution in [-0.2, 0) is 16.9 Å². The number of rotatable bonds is 12. The number of aromatic nitrogens is 6. The van der Waals surface area contributed by atoms with Gasteiger partial charge in [-0.05, 0) is 44.4 Å². The maximum atomic E-state index is 12.5. The summed E-state index contributed by atoms with van der Waals surface area (Å²) >= 11 is 0. The number of benzene rings is 1. The van der Waals surface area contributed by atoms with Crippen molar-refractivity contribution in [1.82, 2.24) is 34.4 Å². The number of likely N-dealkylation sites (N-methyl/N-ethyl adjacent to an activating group) is 1. The molecule has 12 nitrogen and oxygen atoms in total. The molecule has 216 valence electrons. The fourth-order valence-electron chi connectivity index (χ4n) is 4.97. The Labute approximate surface area is 227 Å². The van der Waals surface area contributed by atoms with E-state index in [0.717, 1.165) is 25.1 Å². The van der Waals surface area contributed by atoms with Crippen molar-refractivity contribution in [3.63, 3.8) is 0 Å². The lowest BCUT2D eigenvalue weighted by atomic mass is 9.77. The number of halogens is 3. The Bertz CT molecular complexity index is 1460. The van der Waals surface area contributed by atoms with E-state index in [0.29, 0.717) is 53.7 Å². The summed E-state index contributed by atoms with van der Waals surface area (Å²) in [5, 5.41) is 20.8. The third-order valence-electron chi connectivity index (χ3n) is 7.34. The number of fused-ring (bicyclic) bond motifs is 2. The fourth-order valence-corrected chi connectivity index (χ4v) is 4.97. The summed E-state index contributed by atoms with van der Waals surface area (Å²) in [7, 11) is 2.02. The molecule has 0 bridgehead atoms. The first-order chi connectivity index (χ1) is 19.0. The van der Waals surface area contributed by atoms with Gasteiger partial charge in [-0.15, -0.1) is 13.2 Å². The van der Waals surface area contributed by atoms with Crippen LogP contribution >= 0.6 is 0 Å². The van der Waals surface area contributed by atoms with Crippen LogP contribution in [0.5, 0.6) is 5.75 Å². The van der Waals surface area contributed by atoms with Crippen LogP contribution in [0, 0.1) is 5.92 Å². The molecule has 1 unspecified atom stereocenters. The highest BCUT2D eigenvalue weighted by Gasteiger charge is 2.34. The number of anilines is 1. The maximum absolute atomic E-state index is 12.5. The van der Waals surface area contributed by atoms with Crippen LogP contribution in [0.25, 0.3) is 22.2 Å². The van der Waals surface area contributed by atoms with Crippen molar-refractivity contribution < 1.29 is 32.9 Å². The summed E-state index contributed by atoms with van der Waals surface area (Å²) in [6.45, 7) is 0.227. The van der Waals surface area contributed by atoms with E-state index in [4.69, 9.17) is 10.5 Å². The number of aliphatic hydroxyl groups excluding tert-OH is 1. The summed E-state index contributed by atoms with van der Waals surface area (Å²) < 4.78 is 48.4. The molecule has 1 saturated carbocycles. The number of nitrogen functional groups attached to an aromatic ring is 1. The Hall–Kier alpha value is -3.53. The lowest BCUT2D eigenvalue weighted by Crippen LogP contribution is -2.45. The normalized spacial score (nSPS) is 19.3. The largest absolute Gasteiger partial charge is 0.573 e.